The number of carbonyl (C=O) groups excluding carboxylic acids is 1. The fraction of sp³-hybridized carbons (Fsp3) is 0.474. The number of fused-ring (bicyclic) bond motifs is 2. The number of nitrogens with zero attached hydrogens (tertiary/aromatic N) is 1. The van der Waals surface area contributed by atoms with Gasteiger partial charge >= 0.3 is 6.03 Å². The van der Waals surface area contributed by atoms with Gasteiger partial charge in [-0.3, -0.25) is 9.71 Å². The Kier molecular flexibility index (Phi) is 5.06. The maximum Gasteiger partial charge on any atom is 0.329 e. The van der Waals surface area contributed by atoms with Gasteiger partial charge in [-0.05, 0) is 72.7 Å². The Labute approximate surface area is 157 Å². The maximum atomic E-state index is 12.5. The predicted molar refractivity (Wildman–Crippen MR) is 105 cm³/mol. The van der Waals surface area contributed by atoms with Gasteiger partial charge in [0.1, 0.15) is 4.91 Å². The largest absolute Gasteiger partial charge is 0.477 e. The average molecular weight is 372 g/mol. The molecule has 1 aliphatic heterocycles. The zero-order chi connectivity index (χ0) is 17.9. The molecule has 7 heteroatoms. The maximum absolute atomic E-state index is 12.5. The Balaban J connectivity index is 1.45. The number of nitrogens with two attached hydrogens (primary N) is 1. The number of hydrogen-bond acceptors (Lipinski definition) is 5. The van der Waals surface area contributed by atoms with E-state index in [1.807, 2.05) is 0 Å². The Morgan fingerprint density at radius 1 is 1.15 bits per heavy atom. The van der Waals surface area contributed by atoms with Crippen LogP contribution in [0, 0.1) is 0 Å². The summed E-state index contributed by atoms with van der Waals surface area (Å²) >= 11 is 1.14. The van der Waals surface area contributed by atoms with Crippen LogP contribution in [0.2, 0.25) is 0 Å². The van der Waals surface area contributed by atoms with Gasteiger partial charge < -0.3 is 15.8 Å². The molecule has 1 heterocycles. The molecule has 1 aromatic carbocycles. The second-order valence-electron chi connectivity index (χ2n) is 6.81. The van der Waals surface area contributed by atoms with Crippen LogP contribution in [0.4, 0.5) is 10.5 Å². The second-order valence-corrected chi connectivity index (χ2v) is 7.66. The highest BCUT2D eigenvalue weighted by Gasteiger charge is 2.25. The molecule has 2 amide bonds. The van der Waals surface area contributed by atoms with Crippen molar-refractivity contribution in [2.45, 2.75) is 44.9 Å². The molecule has 0 unspecified atom stereocenters. The Hall–Kier alpha value is -2.15. The van der Waals surface area contributed by atoms with Gasteiger partial charge in [0, 0.05) is 24.9 Å². The van der Waals surface area contributed by atoms with Crippen molar-refractivity contribution < 1.29 is 9.53 Å². The summed E-state index contributed by atoms with van der Waals surface area (Å²) in [6.07, 6.45) is 8.99. The third-order valence-electron chi connectivity index (χ3n) is 5.12. The molecule has 0 aromatic heterocycles. The first kappa shape index (κ1) is 17.3. The average Bonchev–Trinajstić information content (AvgIpc) is 3.32. The minimum absolute atomic E-state index is 0.236. The predicted octanol–water partition coefficient (Wildman–Crippen LogP) is 3.05. The fourth-order valence-corrected chi connectivity index (χ4v) is 4.50. The molecule has 0 saturated heterocycles. The summed E-state index contributed by atoms with van der Waals surface area (Å²) in [7, 11) is 0. The Morgan fingerprint density at radius 3 is 2.50 bits per heavy atom. The normalized spacial score (nSPS) is 18.6. The summed E-state index contributed by atoms with van der Waals surface area (Å²) < 4.78 is 8.33. The highest BCUT2D eigenvalue weighted by atomic mass is 32.2. The molecule has 6 nitrogen and oxygen atoms in total. The van der Waals surface area contributed by atoms with Crippen molar-refractivity contribution in [3.63, 3.8) is 0 Å². The topological polar surface area (TPSA) is 88.7 Å². The summed E-state index contributed by atoms with van der Waals surface area (Å²) in [5.74, 6) is 0.505. The summed E-state index contributed by atoms with van der Waals surface area (Å²) in [6, 6.07) is 2.12. The minimum Gasteiger partial charge on any atom is -0.477 e. The first-order valence-electron chi connectivity index (χ1n) is 9.26. The van der Waals surface area contributed by atoms with Crippen LogP contribution in [0.15, 0.2) is 22.2 Å². The third kappa shape index (κ3) is 3.40. The smallest absolute Gasteiger partial charge is 0.329 e. The van der Waals surface area contributed by atoms with E-state index in [9.17, 15) is 4.79 Å². The van der Waals surface area contributed by atoms with Crippen LogP contribution < -0.4 is 15.8 Å². The van der Waals surface area contributed by atoms with Crippen molar-refractivity contribution in [2.24, 2.45) is 10.7 Å². The Morgan fingerprint density at radius 2 is 1.88 bits per heavy atom. The molecule has 0 fully saturated rings. The van der Waals surface area contributed by atoms with Gasteiger partial charge in [0.15, 0.2) is 0 Å². The number of aliphatic imine (C=N–C) groups is 1. The number of nitrogens with one attached hydrogen (secondary N) is 2. The zero-order valence-corrected chi connectivity index (χ0v) is 15.6. The number of hydrogen-bond donors (Lipinski definition) is 3. The number of urea groups is 1. The molecule has 3 aliphatic rings. The number of ether oxygens (including phenoxy) is 1. The van der Waals surface area contributed by atoms with E-state index in [0.717, 1.165) is 56.3 Å². The van der Waals surface area contributed by atoms with Crippen molar-refractivity contribution >= 4 is 29.6 Å². The van der Waals surface area contributed by atoms with Crippen molar-refractivity contribution in [1.82, 2.24) is 4.72 Å². The molecule has 2 aliphatic carbocycles. The molecule has 4 rings (SSSR count). The van der Waals surface area contributed by atoms with E-state index in [-0.39, 0.29) is 6.03 Å². The van der Waals surface area contributed by atoms with Crippen LogP contribution in [0.3, 0.4) is 0 Å². The van der Waals surface area contributed by atoms with Crippen LogP contribution in [0.25, 0.3) is 0 Å². The molecular weight excluding hydrogens is 348 g/mol. The van der Waals surface area contributed by atoms with Gasteiger partial charge in [-0.2, -0.15) is 0 Å². The highest BCUT2D eigenvalue weighted by molar-refractivity contribution is 8.02. The van der Waals surface area contributed by atoms with Crippen molar-refractivity contribution in [3.05, 3.63) is 39.4 Å². The van der Waals surface area contributed by atoms with Crippen molar-refractivity contribution in [2.75, 3.05) is 18.5 Å². The van der Waals surface area contributed by atoms with E-state index in [0.29, 0.717) is 17.4 Å². The molecule has 0 bridgehead atoms. The van der Waals surface area contributed by atoms with Crippen LogP contribution in [0.1, 0.15) is 41.5 Å². The first-order chi connectivity index (χ1) is 12.8. The Bertz CT molecular complexity index is 756. The number of aryl methyl sites for hydroxylation is 2. The fourth-order valence-electron chi connectivity index (χ4n) is 3.97. The van der Waals surface area contributed by atoms with E-state index >= 15 is 0 Å². The van der Waals surface area contributed by atoms with E-state index in [2.05, 4.69) is 21.1 Å². The van der Waals surface area contributed by atoms with Gasteiger partial charge in [-0.25, -0.2) is 4.79 Å². The molecule has 1 aromatic rings. The summed E-state index contributed by atoms with van der Waals surface area (Å²) in [5, 5.41) is 3.11. The molecule has 0 radical (unpaired) electrons. The molecular formula is C19H24N4O2S. The van der Waals surface area contributed by atoms with Gasteiger partial charge in [0.05, 0.1) is 6.61 Å². The summed E-state index contributed by atoms with van der Waals surface area (Å²) in [6.45, 7) is 1.35. The molecule has 0 saturated carbocycles. The van der Waals surface area contributed by atoms with Crippen LogP contribution in [-0.2, 0) is 30.4 Å². The zero-order valence-electron chi connectivity index (χ0n) is 14.8. The van der Waals surface area contributed by atoms with Crippen LogP contribution in [0.5, 0.6) is 0 Å². The highest BCUT2D eigenvalue weighted by Crippen LogP contribution is 2.38. The molecule has 4 N–H and O–H groups in total. The molecule has 26 heavy (non-hydrogen) atoms. The number of rotatable bonds is 4. The molecule has 0 spiro atoms. The molecule has 138 valence electrons. The van der Waals surface area contributed by atoms with Crippen molar-refractivity contribution in [1.29, 1.82) is 0 Å². The van der Waals surface area contributed by atoms with Gasteiger partial charge in [-0.1, -0.05) is 6.07 Å². The van der Waals surface area contributed by atoms with Gasteiger partial charge in [-0.15, -0.1) is 0 Å². The lowest BCUT2D eigenvalue weighted by Crippen LogP contribution is -2.26. The lowest BCUT2D eigenvalue weighted by atomic mass is 9.99. The van der Waals surface area contributed by atoms with E-state index < -0.39 is 0 Å². The number of carbonyl (C=O) groups is 1. The number of amides is 2. The quantitative estimate of drug-likeness (QED) is 0.709. The van der Waals surface area contributed by atoms with E-state index in [1.54, 1.807) is 0 Å². The van der Waals surface area contributed by atoms with E-state index in [4.69, 9.17) is 10.5 Å². The number of anilines is 1. The van der Waals surface area contributed by atoms with Crippen molar-refractivity contribution in [3.8, 4) is 0 Å². The molecule has 0 atom stereocenters. The summed E-state index contributed by atoms with van der Waals surface area (Å²) in [4.78, 5) is 17.5. The lowest BCUT2D eigenvalue weighted by molar-refractivity contribution is 0.257. The van der Waals surface area contributed by atoms with Gasteiger partial charge in [0.2, 0.25) is 5.90 Å². The second kappa shape index (κ2) is 7.61. The monoisotopic (exact) mass is 372 g/mol. The lowest BCUT2D eigenvalue weighted by Gasteiger charge is -2.18. The number of benzene rings is 1. The summed E-state index contributed by atoms with van der Waals surface area (Å²) in [5.41, 5.74) is 12.2. The first-order valence-corrected chi connectivity index (χ1v) is 10.1. The van der Waals surface area contributed by atoms with Crippen LogP contribution >= 0.6 is 11.9 Å². The third-order valence-corrected chi connectivity index (χ3v) is 5.94. The van der Waals surface area contributed by atoms with Crippen LogP contribution in [-0.4, -0.2) is 25.1 Å². The SMILES string of the molecule is N/C=C(/SNC(=O)Nc1c2c(cc3c1CCC3)CCC2)C1=NCCCO1. The van der Waals surface area contributed by atoms with Gasteiger partial charge in [0.25, 0.3) is 0 Å². The minimum atomic E-state index is -0.236. The standard InChI is InChI=1S/C19H24N4O2S/c20-11-16(18-21-8-3-9-25-18)26-23-19(24)22-17-14-6-1-4-12(14)10-13-5-2-7-15(13)17/h10-11H,1-9,20H2,(H2,22,23,24)/b16-11+. The van der Waals surface area contributed by atoms with E-state index in [1.165, 1.54) is 41.3 Å².